The van der Waals surface area contributed by atoms with Crippen molar-refractivity contribution in [3.63, 3.8) is 0 Å². The fourth-order valence-electron chi connectivity index (χ4n) is 2.00. The summed E-state index contributed by atoms with van der Waals surface area (Å²) in [6.45, 7) is 0. The highest BCUT2D eigenvalue weighted by atomic mass is 35.5. The first kappa shape index (κ1) is 15.9. The average molecular weight is 343 g/mol. The zero-order valence-corrected chi connectivity index (χ0v) is 13.1. The van der Waals surface area contributed by atoms with E-state index in [-0.39, 0.29) is 11.4 Å². The van der Waals surface area contributed by atoms with Crippen LogP contribution in [0.2, 0.25) is 5.02 Å². The minimum absolute atomic E-state index is 0.206. The molecule has 0 radical (unpaired) electrons. The third kappa shape index (κ3) is 4.05. The van der Waals surface area contributed by atoms with Crippen LogP contribution in [0.5, 0.6) is 0 Å². The number of halogens is 2. The van der Waals surface area contributed by atoms with Gasteiger partial charge in [-0.05, 0) is 48.5 Å². The number of anilines is 3. The van der Waals surface area contributed by atoms with Crippen molar-refractivity contribution in [2.45, 2.75) is 0 Å². The normalized spacial score (nSPS) is 10.2. The van der Waals surface area contributed by atoms with Gasteiger partial charge >= 0.3 is 0 Å². The number of benzene rings is 2. The Bertz CT molecular complexity index is 870. The van der Waals surface area contributed by atoms with Gasteiger partial charge in [-0.15, -0.1) is 10.2 Å². The molecular weight excluding hydrogens is 331 g/mol. The maximum absolute atomic E-state index is 13.1. The average Bonchev–Trinajstić information content (AvgIpc) is 2.57. The van der Waals surface area contributed by atoms with E-state index in [0.717, 1.165) is 11.8 Å². The van der Waals surface area contributed by atoms with E-state index < -0.39 is 11.7 Å². The predicted molar refractivity (Wildman–Crippen MR) is 91.1 cm³/mol. The minimum atomic E-state index is -0.477. The maximum Gasteiger partial charge on any atom is 0.256 e. The molecule has 0 aliphatic carbocycles. The molecule has 3 rings (SSSR count). The monoisotopic (exact) mass is 342 g/mol. The van der Waals surface area contributed by atoms with Crippen molar-refractivity contribution < 1.29 is 9.18 Å². The molecule has 2 aromatic carbocycles. The highest BCUT2D eigenvalue weighted by Crippen LogP contribution is 2.19. The third-order valence-corrected chi connectivity index (χ3v) is 3.33. The number of hydrogen-bond acceptors (Lipinski definition) is 4. The second kappa shape index (κ2) is 7.06. The molecule has 1 aromatic heterocycles. The van der Waals surface area contributed by atoms with Gasteiger partial charge in [-0.3, -0.25) is 4.79 Å². The molecule has 0 spiro atoms. The van der Waals surface area contributed by atoms with E-state index in [4.69, 9.17) is 11.6 Å². The van der Waals surface area contributed by atoms with E-state index in [1.807, 2.05) is 12.1 Å². The van der Waals surface area contributed by atoms with Crippen LogP contribution in [0.1, 0.15) is 10.4 Å². The first-order valence-electron chi connectivity index (χ1n) is 7.03. The fraction of sp³-hybridized carbons (Fsp3) is 0. The summed E-state index contributed by atoms with van der Waals surface area (Å²) in [5.41, 5.74) is 0.978. The van der Waals surface area contributed by atoms with Crippen molar-refractivity contribution >= 4 is 34.8 Å². The maximum atomic E-state index is 13.1. The van der Waals surface area contributed by atoms with Crippen molar-refractivity contribution in [2.75, 3.05) is 10.6 Å². The number of rotatable bonds is 4. The number of nitrogens with zero attached hydrogens (tertiary/aromatic N) is 2. The standard InChI is InChI=1S/C17H12ClFN4O/c18-12-4-2-6-14(10-12)20-15-7-8-16(23-22-15)21-17(24)11-3-1-5-13(19)9-11/h1-10H,(H,20,22)(H,21,23,24). The van der Waals surface area contributed by atoms with Crippen molar-refractivity contribution in [1.29, 1.82) is 0 Å². The number of carbonyl (C=O) groups excluding carboxylic acids is 1. The topological polar surface area (TPSA) is 66.9 Å². The Morgan fingerprint density at radius 2 is 1.71 bits per heavy atom. The predicted octanol–water partition coefficient (Wildman–Crippen LogP) is 4.27. The Kier molecular flexibility index (Phi) is 4.67. The summed E-state index contributed by atoms with van der Waals surface area (Å²) in [6.07, 6.45) is 0. The number of carbonyl (C=O) groups is 1. The number of amides is 1. The molecule has 5 nitrogen and oxygen atoms in total. The molecule has 0 bridgehead atoms. The Labute approximate surface area is 142 Å². The summed E-state index contributed by atoms with van der Waals surface area (Å²) >= 11 is 5.91. The Morgan fingerprint density at radius 3 is 2.42 bits per heavy atom. The second-order valence-electron chi connectivity index (χ2n) is 4.90. The zero-order valence-electron chi connectivity index (χ0n) is 12.3. The first-order valence-corrected chi connectivity index (χ1v) is 7.41. The molecule has 3 aromatic rings. The number of nitrogens with one attached hydrogen (secondary N) is 2. The van der Waals surface area contributed by atoms with E-state index in [1.165, 1.54) is 18.2 Å². The van der Waals surface area contributed by atoms with Gasteiger partial charge in [-0.25, -0.2) is 4.39 Å². The second-order valence-corrected chi connectivity index (χ2v) is 5.34. The van der Waals surface area contributed by atoms with Crippen LogP contribution in [-0.4, -0.2) is 16.1 Å². The lowest BCUT2D eigenvalue weighted by molar-refractivity contribution is 0.102. The van der Waals surface area contributed by atoms with Gasteiger partial charge in [0.1, 0.15) is 5.82 Å². The van der Waals surface area contributed by atoms with Gasteiger partial charge in [0.05, 0.1) is 0 Å². The molecule has 1 amide bonds. The minimum Gasteiger partial charge on any atom is -0.339 e. The highest BCUT2D eigenvalue weighted by molar-refractivity contribution is 6.30. The van der Waals surface area contributed by atoms with Gasteiger partial charge in [-0.1, -0.05) is 23.7 Å². The molecule has 0 saturated heterocycles. The van der Waals surface area contributed by atoms with Gasteiger partial charge in [0.15, 0.2) is 11.6 Å². The first-order chi connectivity index (χ1) is 11.6. The van der Waals surface area contributed by atoms with E-state index in [0.29, 0.717) is 10.8 Å². The number of hydrogen-bond donors (Lipinski definition) is 2. The third-order valence-electron chi connectivity index (χ3n) is 3.09. The van der Waals surface area contributed by atoms with Crippen LogP contribution in [0.3, 0.4) is 0 Å². The van der Waals surface area contributed by atoms with Crippen molar-refractivity contribution in [3.05, 3.63) is 77.1 Å². The zero-order chi connectivity index (χ0) is 16.9. The molecule has 120 valence electrons. The van der Waals surface area contributed by atoms with Crippen LogP contribution < -0.4 is 10.6 Å². The molecule has 0 unspecified atom stereocenters. The molecule has 1 heterocycles. The van der Waals surface area contributed by atoms with Crippen LogP contribution in [0, 0.1) is 5.82 Å². The van der Waals surface area contributed by atoms with Crippen molar-refractivity contribution in [3.8, 4) is 0 Å². The van der Waals surface area contributed by atoms with Crippen LogP contribution >= 0.6 is 11.6 Å². The lowest BCUT2D eigenvalue weighted by Gasteiger charge is -2.07. The SMILES string of the molecule is O=C(Nc1ccc(Nc2cccc(Cl)c2)nn1)c1cccc(F)c1. The lowest BCUT2D eigenvalue weighted by Crippen LogP contribution is -2.13. The van der Waals surface area contributed by atoms with E-state index in [2.05, 4.69) is 20.8 Å². The van der Waals surface area contributed by atoms with Crippen LogP contribution in [0.15, 0.2) is 60.7 Å². The van der Waals surface area contributed by atoms with Crippen LogP contribution in [-0.2, 0) is 0 Å². The van der Waals surface area contributed by atoms with Crippen molar-refractivity contribution in [1.82, 2.24) is 10.2 Å². The van der Waals surface area contributed by atoms with Crippen molar-refractivity contribution in [2.24, 2.45) is 0 Å². The summed E-state index contributed by atoms with van der Waals surface area (Å²) in [5, 5.41) is 14.1. The summed E-state index contributed by atoms with van der Waals surface area (Å²) in [6, 6.07) is 15.8. The Balaban J connectivity index is 1.67. The smallest absolute Gasteiger partial charge is 0.256 e. The van der Waals surface area contributed by atoms with E-state index >= 15 is 0 Å². The van der Waals surface area contributed by atoms with Gasteiger partial charge in [-0.2, -0.15) is 0 Å². The molecule has 24 heavy (non-hydrogen) atoms. The Morgan fingerprint density at radius 1 is 0.958 bits per heavy atom. The van der Waals surface area contributed by atoms with Crippen LogP contribution in [0.25, 0.3) is 0 Å². The molecule has 0 saturated carbocycles. The summed E-state index contributed by atoms with van der Waals surface area (Å²) in [4.78, 5) is 12.0. The lowest BCUT2D eigenvalue weighted by atomic mass is 10.2. The molecule has 7 heteroatoms. The summed E-state index contributed by atoms with van der Waals surface area (Å²) < 4.78 is 13.1. The largest absolute Gasteiger partial charge is 0.339 e. The van der Waals surface area contributed by atoms with Gasteiger partial charge in [0, 0.05) is 16.3 Å². The van der Waals surface area contributed by atoms with Crippen LogP contribution in [0.4, 0.5) is 21.7 Å². The molecule has 0 fully saturated rings. The van der Waals surface area contributed by atoms with E-state index in [9.17, 15) is 9.18 Å². The fourth-order valence-corrected chi connectivity index (χ4v) is 2.19. The summed E-state index contributed by atoms with van der Waals surface area (Å²) in [7, 11) is 0. The molecule has 0 aliphatic rings. The van der Waals surface area contributed by atoms with Gasteiger partial charge in [0.2, 0.25) is 0 Å². The number of aromatic nitrogens is 2. The molecule has 2 N–H and O–H groups in total. The highest BCUT2D eigenvalue weighted by Gasteiger charge is 2.08. The van der Waals surface area contributed by atoms with E-state index in [1.54, 1.807) is 24.3 Å². The van der Waals surface area contributed by atoms with Gasteiger partial charge in [0.25, 0.3) is 5.91 Å². The Hall–Kier alpha value is -2.99. The molecule has 0 atom stereocenters. The molecular formula is C17H12ClFN4O. The quantitative estimate of drug-likeness (QED) is 0.743. The summed E-state index contributed by atoms with van der Waals surface area (Å²) in [5.74, 6) is -0.170. The van der Waals surface area contributed by atoms with Gasteiger partial charge < -0.3 is 10.6 Å². The molecule has 0 aliphatic heterocycles.